The van der Waals surface area contributed by atoms with Crippen LogP contribution in [0.25, 0.3) is 0 Å². The van der Waals surface area contributed by atoms with E-state index in [0.717, 1.165) is 13.0 Å². The molecule has 1 aromatic rings. The monoisotopic (exact) mass is 366 g/mol. The molecule has 1 aromatic heterocycles. The van der Waals surface area contributed by atoms with Crippen LogP contribution < -0.4 is 5.32 Å². The molecule has 2 heterocycles. The van der Waals surface area contributed by atoms with Gasteiger partial charge in [-0.15, -0.1) is 12.4 Å². The summed E-state index contributed by atoms with van der Waals surface area (Å²) in [5.74, 6) is -0.362. The topological polar surface area (TPSA) is 88.9 Å². The number of halogens is 1. The van der Waals surface area contributed by atoms with Gasteiger partial charge in [-0.1, -0.05) is 6.92 Å². The lowest BCUT2D eigenvalue weighted by Crippen LogP contribution is -2.41. The van der Waals surface area contributed by atoms with Gasteiger partial charge >= 0.3 is 5.97 Å². The molecule has 1 atom stereocenters. The maximum Gasteiger partial charge on any atom is 0.341 e. The Morgan fingerprint density at radius 1 is 1.52 bits per heavy atom. The van der Waals surface area contributed by atoms with Crippen LogP contribution in [0.2, 0.25) is 0 Å². The van der Waals surface area contributed by atoms with Crippen molar-refractivity contribution in [1.82, 2.24) is 9.62 Å². The second-order valence-electron chi connectivity index (χ2n) is 5.29. The summed E-state index contributed by atoms with van der Waals surface area (Å²) in [6.45, 7) is 5.32. The number of esters is 1. The zero-order valence-corrected chi connectivity index (χ0v) is 15.1. The average Bonchev–Trinajstić information content (AvgIpc) is 3.13. The van der Waals surface area contributed by atoms with Gasteiger partial charge in [-0.3, -0.25) is 0 Å². The molecule has 0 aliphatic carbocycles. The van der Waals surface area contributed by atoms with Gasteiger partial charge in [0.25, 0.3) is 10.0 Å². The fourth-order valence-corrected chi connectivity index (χ4v) is 4.34. The summed E-state index contributed by atoms with van der Waals surface area (Å²) in [5.41, 5.74) is 0.141. The highest BCUT2D eigenvalue weighted by molar-refractivity contribution is 7.89. The van der Waals surface area contributed by atoms with Crippen LogP contribution in [-0.2, 0) is 14.8 Å². The van der Waals surface area contributed by atoms with Gasteiger partial charge < -0.3 is 14.5 Å². The molecule has 0 bridgehead atoms. The van der Waals surface area contributed by atoms with Gasteiger partial charge in [-0.05, 0) is 26.3 Å². The number of nitrogens with one attached hydrogen (secondary N) is 1. The van der Waals surface area contributed by atoms with Crippen LogP contribution in [0.1, 0.15) is 35.9 Å². The number of nitrogens with zero attached hydrogens (tertiary/aromatic N) is 1. The second kappa shape index (κ2) is 8.14. The summed E-state index contributed by atoms with van der Waals surface area (Å²) in [4.78, 5) is 11.6. The van der Waals surface area contributed by atoms with E-state index in [1.807, 2.05) is 6.92 Å². The molecule has 0 amide bonds. The minimum atomic E-state index is -3.77. The molecular weight excluding hydrogens is 344 g/mol. The van der Waals surface area contributed by atoms with E-state index in [0.29, 0.717) is 19.5 Å². The third-order valence-electron chi connectivity index (χ3n) is 3.75. The molecule has 1 saturated heterocycles. The number of rotatable bonds is 6. The average molecular weight is 367 g/mol. The summed E-state index contributed by atoms with van der Waals surface area (Å²) < 4.78 is 37.1. The number of ether oxygens (including phenoxy) is 1. The molecule has 1 fully saturated rings. The van der Waals surface area contributed by atoms with Gasteiger partial charge in [0.05, 0.1) is 7.11 Å². The molecule has 0 radical (unpaired) electrons. The van der Waals surface area contributed by atoms with Crippen molar-refractivity contribution in [3.05, 3.63) is 17.4 Å². The highest BCUT2D eigenvalue weighted by Crippen LogP contribution is 2.26. The molecule has 132 valence electrons. The van der Waals surface area contributed by atoms with Crippen LogP contribution in [0.5, 0.6) is 0 Å². The van der Waals surface area contributed by atoms with Crippen LogP contribution in [0.4, 0.5) is 0 Å². The van der Waals surface area contributed by atoms with Gasteiger partial charge in [-0.25, -0.2) is 13.2 Å². The van der Waals surface area contributed by atoms with Gasteiger partial charge in [0.1, 0.15) is 11.3 Å². The molecule has 1 aliphatic heterocycles. The first-order valence-corrected chi connectivity index (χ1v) is 8.77. The van der Waals surface area contributed by atoms with E-state index >= 15 is 0 Å². The number of aryl methyl sites for hydroxylation is 1. The number of methoxy groups -OCH3 is 1. The van der Waals surface area contributed by atoms with Crippen molar-refractivity contribution >= 4 is 28.4 Å². The molecule has 1 aliphatic rings. The first-order chi connectivity index (χ1) is 10.4. The molecule has 9 heteroatoms. The lowest BCUT2D eigenvalue weighted by Gasteiger charge is -2.25. The molecule has 0 saturated carbocycles. The van der Waals surface area contributed by atoms with Gasteiger partial charge in [0, 0.05) is 25.2 Å². The Bertz CT molecular complexity index is 638. The predicted octanol–water partition coefficient (Wildman–Crippen LogP) is 1.56. The van der Waals surface area contributed by atoms with Crippen molar-refractivity contribution < 1.29 is 22.4 Å². The van der Waals surface area contributed by atoms with Gasteiger partial charge in [-0.2, -0.15) is 4.31 Å². The van der Waals surface area contributed by atoms with E-state index in [1.54, 1.807) is 6.92 Å². The van der Waals surface area contributed by atoms with Crippen molar-refractivity contribution in [3.63, 3.8) is 0 Å². The SMILES string of the molecule is CCCN(C1CCNC1)S(=O)(=O)c1cc(C(=O)OC)c(C)o1.Cl. The fraction of sp³-hybridized carbons (Fsp3) is 0.643. The number of furan rings is 1. The quantitative estimate of drug-likeness (QED) is 0.768. The number of carbonyl (C=O) groups excluding carboxylic acids is 1. The smallest absolute Gasteiger partial charge is 0.341 e. The van der Waals surface area contributed by atoms with Crippen LogP contribution in [0, 0.1) is 6.92 Å². The maximum atomic E-state index is 12.8. The van der Waals surface area contributed by atoms with E-state index in [1.165, 1.54) is 17.5 Å². The Hall–Kier alpha value is -1.09. The molecule has 7 nitrogen and oxygen atoms in total. The predicted molar refractivity (Wildman–Crippen MR) is 87.5 cm³/mol. The van der Waals surface area contributed by atoms with E-state index in [4.69, 9.17) is 4.42 Å². The molecule has 0 spiro atoms. The third-order valence-corrected chi connectivity index (χ3v) is 5.56. The lowest BCUT2D eigenvalue weighted by atomic mass is 10.2. The Morgan fingerprint density at radius 2 is 2.22 bits per heavy atom. The van der Waals surface area contributed by atoms with Crippen molar-refractivity contribution in [2.45, 2.75) is 37.8 Å². The van der Waals surface area contributed by atoms with Crippen LogP contribution in [-0.4, -0.2) is 51.5 Å². The highest BCUT2D eigenvalue weighted by Gasteiger charge is 2.35. The fourth-order valence-electron chi connectivity index (χ4n) is 2.61. The minimum absolute atomic E-state index is 0. The third kappa shape index (κ3) is 4.06. The standard InChI is InChI=1S/C14H22N2O5S.ClH/c1-4-7-16(11-5-6-15-9-11)22(18,19)13-8-12(10(2)21-13)14(17)20-3;/h8,11,15H,4-7,9H2,1-3H3;1H. The van der Waals surface area contributed by atoms with Crippen molar-refractivity contribution in [3.8, 4) is 0 Å². The first-order valence-electron chi connectivity index (χ1n) is 7.33. The summed E-state index contributed by atoms with van der Waals surface area (Å²) in [6.07, 6.45) is 1.47. The number of sulfonamides is 1. The van der Waals surface area contributed by atoms with Crippen molar-refractivity contribution in [2.24, 2.45) is 0 Å². The molecular formula is C14H23ClN2O5S. The Morgan fingerprint density at radius 3 is 2.74 bits per heavy atom. The van der Waals surface area contributed by atoms with Crippen LogP contribution in [0.3, 0.4) is 0 Å². The molecule has 0 aromatic carbocycles. The van der Waals surface area contributed by atoms with Crippen molar-refractivity contribution in [2.75, 3.05) is 26.7 Å². The normalized spacial score (nSPS) is 18.0. The van der Waals surface area contributed by atoms with E-state index in [9.17, 15) is 13.2 Å². The Kier molecular flexibility index (Phi) is 7.06. The number of carbonyl (C=O) groups is 1. The van der Waals surface area contributed by atoms with Crippen LogP contribution >= 0.6 is 12.4 Å². The largest absolute Gasteiger partial charge is 0.465 e. The van der Waals surface area contributed by atoms with Gasteiger partial charge in [0.2, 0.25) is 5.09 Å². The summed E-state index contributed by atoms with van der Waals surface area (Å²) in [5, 5.41) is 2.96. The molecule has 1 unspecified atom stereocenters. The number of hydrogen-bond acceptors (Lipinski definition) is 6. The molecule has 23 heavy (non-hydrogen) atoms. The van der Waals surface area contributed by atoms with E-state index < -0.39 is 16.0 Å². The molecule has 1 N–H and O–H groups in total. The van der Waals surface area contributed by atoms with Crippen molar-refractivity contribution in [1.29, 1.82) is 0 Å². The van der Waals surface area contributed by atoms with Crippen LogP contribution in [0.15, 0.2) is 15.6 Å². The van der Waals surface area contributed by atoms with Gasteiger partial charge in [0.15, 0.2) is 0 Å². The Labute approximate surface area is 142 Å². The maximum absolute atomic E-state index is 12.8. The zero-order chi connectivity index (χ0) is 16.3. The minimum Gasteiger partial charge on any atom is -0.465 e. The second-order valence-corrected chi connectivity index (χ2v) is 7.11. The highest BCUT2D eigenvalue weighted by atomic mass is 35.5. The Balaban J connectivity index is 0.00000264. The summed E-state index contributed by atoms with van der Waals surface area (Å²) in [7, 11) is -2.52. The van der Waals surface area contributed by atoms with E-state index in [-0.39, 0.29) is 34.9 Å². The zero-order valence-electron chi connectivity index (χ0n) is 13.5. The van der Waals surface area contributed by atoms with E-state index in [2.05, 4.69) is 10.1 Å². The summed E-state index contributed by atoms with van der Waals surface area (Å²) in [6, 6.07) is 1.17. The first kappa shape index (κ1) is 20.0. The number of hydrogen-bond donors (Lipinski definition) is 1. The summed E-state index contributed by atoms with van der Waals surface area (Å²) >= 11 is 0. The molecule has 2 rings (SSSR count). The lowest BCUT2D eigenvalue weighted by molar-refractivity contribution is 0.0598.